The molecule has 2 N–H and O–H groups in total. The van der Waals surface area contributed by atoms with E-state index in [0.717, 1.165) is 60.8 Å². The molecule has 0 bridgehead atoms. The lowest BCUT2D eigenvalue weighted by Gasteiger charge is -2.31. The monoisotopic (exact) mass is 828 g/mol. The van der Waals surface area contributed by atoms with Gasteiger partial charge in [0.05, 0.1) is 45.8 Å². The second-order valence-electron chi connectivity index (χ2n) is 16.9. The molecular weight excluding hydrogens is 773 g/mol. The van der Waals surface area contributed by atoms with E-state index >= 15 is 0 Å². The average molecular weight is 829 g/mol. The van der Waals surface area contributed by atoms with Crippen molar-refractivity contribution in [1.82, 2.24) is 19.8 Å². The number of carbonyl (C=O) groups excluding carboxylic acids is 5. The molecule has 0 radical (unpaired) electrons. The number of carbonyl (C=O) groups is 5. The SMILES string of the molecule is CCSC1CC(=O)N(C[C@H]2CC[C@H](C(=O)NCC3CCC(C(=O)Oc4ccc5nc6c(c(CC)c5c4)Cn4c-6cc([C@@](C)(O)CC)c(COC=O)c4=O)CC3)CC2)C1=O. The Bertz CT molecular complexity index is 2190. The molecule has 3 fully saturated rings. The fourth-order valence-corrected chi connectivity index (χ4v) is 10.5. The van der Waals surface area contributed by atoms with E-state index in [1.54, 1.807) is 23.6 Å². The Morgan fingerprint density at radius 3 is 2.37 bits per heavy atom. The molecule has 1 saturated heterocycles. The second-order valence-corrected chi connectivity index (χ2v) is 18.4. The molecule has 2 aliphatic heterocycles. The number of aliphatic hydroxyl groups is 1. The number of rotatable bonds is 15. The van der Waals surface area contributed by atoms with Gasteiger partial charge < -0.3 is 24.5 Å². The molecule has 316 valence electrons. The van der Waals surface area contributed by atoms with Gasteiger partial charge in [-0.15, -0.1) is 11.8 Å². The Hall–Kier alpha value is -4.56. The molecule has 3 amide bonds. The number of fused-ring (bicyclic) bond motifs is 4. The van der Waals surface area contributed by atoms with Crippen molar-refractivity contribution < 1.29 is 38.6 Å². The van der Waals surface area contributed by atoms with Crippen LogP contribution in [0.3, 0.4) is 0 Å². The first-order chi connectivity index (χ1) is 28.4. The number of aryl methyl sites for hydroxylation is 1. The lowest BCUT2D eigenvalue weighted by molar-refractivity contribution is -0.141. The summed E-state index contributed by atoms with van der Waals surface area (Å²) in [7, 11) is 0. The lowest BCUT2D eigenvalue weighted by atomic mass is 9.80. The Balaban J connectivity index is 0.925. The summed E-state index contributed by atoms with van der Waals surface area (Å²) < 4.78 is 12.6. The maximum absolute atomic E-state index is 13.8. The molecule has 13 nitrogen and oxygen atoms in total. The zero-order chi connectivity index (χ0) is 42.0. The van der Waals surface area contributed by atoms with E-state index in [9.17, 15) is 33.9 Å². The molecule has 59 heavy (non-hydrogen) atoms. The highest BCUT2D eigenvalue weighted by Crippen LogP contribution is 2.40. The van der Waals surface area contributed by atoms with Crippen LogP contribution in [-0.4, -0.2) is 73.8 Å². The zero-order valence-corrected chi connectivity index (χ0v) is 35.4. The topological polar surface area (TPSA) is 174 Å². The van der Waals surface area contributed by atoms with Gasteiger partial charge in [0.25, 0.3) is 12.0 Å². The van der Waals surface area contributed by atoms with Gasteiger partial charge in [-0.1, -0.05) is 20.8 Å². The Kier molecular flexibility index (Phi) is 13.0. The highest BCUT2D eigenvalue weighted by molar-refractivity contribution is 8.00. The van der Waals surface area contributed by atoms with Crippen LogP contribution in [0.1, 0.15) is 114 Å². The summed E-state index contributed by atoms with van der Waals surface area (Å²) in [6.45, 7) is 8.87. The van der Waals surface area contributed by atoms with E-state index in [0.29, 0.717) is 79.9 Å². The van der Waals surface area contributed by atoms with E-state index in [1.165, 1.54) is 16.7 Å². The standard InChI is InChI=1S/C45H56N4O9S/c1-5-31-32-18-30(16-17-36(32)47-40-33(31)23-48-37(40)19-35(45(4,56)6-2)34(42(48)53)24-57-25-50)58-44(55)29-14-8-26(9-15-29)21-46-41(52)28-12-10-27(11-13-28)22-49-39(51)20-38(43(49)54)59-7-3/h16-19,25-29,38,56H,5-15,20-24H2,1-4H3,(H,46,52)/t26?,27-,28-,29?,38?,45-/m0/s1. The highest BCUT2D eigenvalue weighted by atomic mass is 32.2. The van der Waals surface area contributed by atoms with Crippen molar-refractivity contribution in [3.8, 4) is 17.1 Å². The predicted molar refractivity (Wildman–Crippen MR) is 223 cm³/mol. The second kappa shape index (κ2) is 18.0. The molecule has 2 aromatic heterocycles. The molecular formula is C45H56N4O9S. The summed E-state index contributed by atoms with van der Waals surface area (Å²) in [5.74, 6) is 1.13. The summed E-state index contributed by atoms with van der Waals surface area (Å²) in [5.41, 5.74) is 2.83. The van der Waals surface area contributed by atoms with Crippen LogP contribution in [0.25, 0.3) is 22.3 Å². The number of nitrogens with one attached hydrogen (secondary N) is 1. The summed E-state index contributed by atoms with van der Waals surface area (Å²) >= 11 is 1.53. The summed E-state index contributed by atoms with van der Waals surface area (Å²) in [4.78, 5) is 83.0. The maximum atomic E-state index is 13.8. The molecule has 1 aromatic carbocycles. The molecule has 3 aromatic rings. The molecule has 14 heteroatoms. The Labute approximate surface area is 349 Å². The maximum Gasteiger partial charge on any atom is 0.314 e. The Morgan fingerprint density at radius 1 is 0.983 bits per heavy atom. The van der Waals surface area contributed by atoms with Gasteiger partial charge in [-0.05, 0) is 124 Å². The van der Waals surface area contributed by atoms with Gasteiger partial charge in [0, 0.05) is 36.4 Å². The van der Waals surface area contributed by atoms with Crippen molar-refractivity contribution in [2.24, 2.45) is 23.7 Å². The first kappa shape index (κ1) is 42.6. The van der Waals surface area contributed by atoms with Crippen molar-refractivity contribution in [3.05, 3.63) is 56.9 Å². The highest BCUT2D eigenvalue weighted by Gasteiger charge is 2.40. The minimum absolute atomic E-state index is 0.0586. The number of likely N-dealkylation sites (tertiary alicyclic amines) is 1. The van der Waals surface area contributed by atoms with Crippen molar-refractivity contribution in [3.63, 3.8) is 0 Å². The summed E-state index contributed by atoms with van der Waals surface area (Å²) in [6, 6.07) is 7.22. The number of hydrogen-bond donors (Lipinski definition) is 2. The van der Waals surface area contributed by atoms with E-state index in [-0.39, 0.29) is 76.9 Å². The number of pyridine rings is 2. The average Bonchev–Trinajstić information content (AvgIpc) is 3.73. The van der Waals surface area contributed by atoms with Gasteiger partial charge in [-0.3, -0.25) is 33.7 Å². The van der Waals surface area contributed by atoms with Gasteiger partial charge in [0.1, 0.15) is 12.4 Å². The first-order valence-corrected chi connectivity index (χ1v) is 22.4. The van der Waals surface area contributed by atoms with Crippen LogP contribution >= 0.6 is 11.8 Å². The van der Waals surface area contributed by atoms with Crippen LogP contribution < -0.4 is 15.6 Å². The van der Waals surface area contributed by atoms with Crippen molar-refractivity contribution in [2.45, 2.75) is 122 Å². The van der Waals surface area contributed by atoms with Gasteiger partial charge in [0.2, 0.25) is 17.7 Å². The number of aromatic nitrogens is 2. The molecule has 1 unspecified atom stereocenters. The molecule has 2 atom stereocenters. The Morgan fingerprint density at radius 2 is 1.69 bits per heavy atom. The number of benzene rings is 1. The van der Waals surface area contributed by atoms with Crippen molar-refractivity contribution in [1.29, 1.82) is 0 Å². The molecule has 7 rings (SSSR count). The van der Waals surface area contributed by atoms with Gasteiger partial charge in [-0.25, -0.2) is 4.98 Å². The van der Waals surface area contributed by atoms with Gasteiger partial charge >= 0.3 is 5.97 Å². The van der Waals surface area contributed by atoms with Gasteiger partial charge in [0.15, 0.2) is 0 Å². The smallest absolute Gasteiger partial charge is 0.314 e. The number of esters is 1. The van der Waals surface area contributed by atoms with E-state index in [4.69, 9.17) is 14.5 Å². The third-order valence-corrected chi connectivity index (χ3v) is 14.3. The van der Waals surface area contributed by atoms with E-state index in [2.05, 4.69) is 5.32 Å². The predicted octanol–water partition coefficient (Wildman–Crippen LogP) is 5.79. The van der Waals surface area contributed by atoms with Crippen LogP contribution in [0.15, 0.2) is 29.1 Å². The number of ether oxygens (including phenoxy) is 2. The van der Waals surface area contributed by atoms with Crippen molar-refractivity contribution >= 4 is 52.8 Å². The third kappa shape index (κ3) is 8.71. The molecule has 4 aliphatic rings. The third-order valence-electron chi connectivity index (χ3n) is 13.2. The van der Waals surface area contributed by atoms with E-state index in [1.807, 2.05) is 32.9 Å². The van der Waals surface area contributed by atoms with Crippen molar-refractivity contribution in [2.75, 3.05) is 18.8 Å². The van der Waals surface area contributed by atoms with Crippen LogP contribution in [0, 0.1) is 23.7 Å². The summed E-state index contributed by atoms with van der Waals surface area (Å²) in [5, 5.41) is 15.0. The van der Waals surface area contributed by atoms with Crippen LogP contribution in [0.4, 0.5) is 0 Å². The number of thioether (sulfide) groups is 1. The van der Waals surface area contributed by atoms with Crippen LogP contribution in [-0.2, 0) is 53.9 Å². The largest absolute Gasteiger partial charge is 0.463 e. The number of amides is 3. The first-order valence-electron chi connectivity index (χ1n) is 21.3. The zero-order valence-electron chi connectivity index (χ0n) is 34.6. The molecule has 0 spiro atoms. The normalized spacial score (nSPS) is 23.7. The minimum Gasteiger partial charge on any atom is -0.463 e. The van der Waals surface area contributed by atoms with Crippen LogP contribution in [0.2, 0.25) is 0 Å². The minimum atomic E-state index is -1.32. The molecule has 2 aliphatic carbocycles. The number of nitrogens with zero attached hydrogens (tertiary/aromatic N) is 3. The fourth-order valence-electron chi connectivity index (χ4n) is 9.56. The molecule has 4 heterocycles. The molecule has 2 saturated carbocycles. The van der Waals surface area contributed by atoms with Gasteiger partial charge in [-0.2, -0.15) is 0 Å². The quantitative estimate of drug-likeness (QED) is 0.0643. The van der Waals surface area contributed by atoms with Crippen LogP contribution in [0.5, 0.6) is 5.75 Å². The summed E-state index contributed by atoms with van der Waals surface area (Å²) in [6.07, 6.45) is 7.43. The number of imide groups is 1. The lowest BCUT2D eigenvalue weighted by Crippen LogP contribution is -2.40. The fraction of sp³-hybridized carbons (Fsp3) is 0.578. The number of hydrogen-bond acceptors (Lipinski definition) is 11. The van der Waals surface area contributed by atoms with E-state index < -0.39 is 5.60 Å².